The first-order valence-corrected chi connectivity index (χ1v) is 45.8. The molecule has 0 heterocycles. The van der Waals surface area contributed by atoms with Crippen LogP contribution in [0.5, 0.6) is 0 Å². The van der Waals surface area contributed by atoms with Gasteiger partial charge in [0.25, 0.3) is 0 Å². The average molecular weight is 1490 g/mol. The third kappa shape index (κ3) is 73.6. The van der Waals surface area contributed by atoms with Crippen molar-refractivity contribution in [2.45, 2.75) is 446 Å². The molecule has 0 bridgehead atoms. The number of rotatable bonds is 80. The lowest BCUT2D eigenvalue weighted by molar-refractivity contribution is -0.161. The van der Waals surface area contributed by atoms with E-state index >= 15 is 0 Å². The molecule has 0 aromatic carbocycles. The van der Waals surface area contributed by atoms with Crippen molar-refractivity contribution in [1.82, 2.24) is 0 Å². The van der Waals surface area contributed by atoms with Gasteiger partial charge in [0.1, 0.15) is 19.3 Å². The van der Waals surface area contributed by atoms with E-state index in [4.69, 9.17) is 37.0 Å². The molecular weight excluding hydrogens is 1330 g/mol. The minimum atomic E-state index is -4.96. The molecule has 0 amide bonds. The maximum atomic E-state index is 13.1. The fourth-order valence-electron chi connectivity index (χ4n) is 12.7. The monoisotopic (exact) mass is 1490 g/mol. The molecule has 606 valence electrons. The van der Waals surface area contributed by atoms with Gasteiger partial charge in [0.05, 0.1) is 26.4 Å². The van der Waals surface area contributed by atoms with Gasteiger partial charge in [0.15, 0.2) is 12.2 Å². The number of hydrogen-bond donors (Lipinski definition) is 3. The van der Waals surface area contributed by atoms with Crippen LogP contribution < -0.4 is 0 Å². The predicted octanol–water partition coefficient (Wildman–Crippen LogP) is 24.8. The molecule has 0 aromatic heterocycles. The van der Waals surface area contributed by atoms with Crippen LogP contribution >= 0.6 is 15.6 Å². The van der Waals surface area contributed by atoms with Crippen LogP contribution in [0.15, 0.2) is 0 Å². The van der Waals surface area contributed by atoms with E-state index in [-0.39, 0.29) is 25.7 Å². The maximum absolute atomic E-state index is 13.1. The zero-order valence-electron chi connectivity index (χ0n) is 67.2. The van der Waals surface area contributed by atoms with E-state index in [1.54, 1.807) is 0 Å². The Morgan fingerprint density at radius 1 is 0.275 bits per heavy atom. The first kappa shape index (κ1) is 100. The fraction of sp³-hybridized carbons (Fsp3) is 0.952. The highest BCUT2D eigenvalue weighted by Crippen LogP contribution is 2.45. The summed E-state index contributed by atoms with van der Waals surface area (Å²) >= 11 is 0. The van der Waals surface area contributed by atoms with Crippen LogP contribution in [0.4, 0.5) is 0 Å². The van der Waals surface area contributed by atoms with Crippen LogP contribution in [-0.2, 0) is 65.4 Å². The summed E-state index contributed by atoms with van der Waals surface area (Å²) in [5, 5.41) is 10.7. The molecule has 17 nitrogen and oxygen atoms in total. The zero-order valence-corrected chi connectivity index (χ0v) is 69.0. The SMILES string of the molecule is CCC(C)CCCCCCCCCCCCCCCCC(=O)OC[C@H](COP(=O)(O)OC[C@@H](O)COP(=O)(O)OC[C@@H](COC(=O)CCCCCCCCC(C)C)OC(=O)CCCCCCCCCCCCCCCCC(C)C)OC(=O)CCCCCCCCCCCCCCCCC(C)CC. The molecule has 0 radical (unpaired) electrons. The summed E-state index contributed by atoms with van der Waals surface area (Å²) in [5.41, 5.74) is 0. The fourth-order valence-corrected chi connectivity index (χ4v) is 14.3. The van der Waals surface area contributed by atoms with Gasteiger partial charge < -0.3 is 33.8 Å². The van der Waals surface area contributed by atoms with Gasteiger partial charge in [-0.3, -0.25) is 37.3 Å². The van der Waals surface area contributed by atoms with Gasteiger partial charge in [-0.2, -0.15) is 0 Å². The summed E-state index contributed by atoms with van der Waals surface area (Å²) in [6, 6.07) is 0. The third-order valence-corrected chi connectivity index (χ3v) is 21.9. The average Bonchev–Trinajstić information content (AvgIpc) is 1.01. The Bertz CT molecular complexity index is 1990. The number of phosphoric acid groups is 2. The van der Waals surface area contributed by atoms with Gasteiger partial charge in [-0.15, -0.1) is 0 Å². The molecule has 19 heteroatoms. The Morgan fingerprint density at radius 3 is 0.696 bits per heavy atom. The van der Waals surface area contributed by atoms with E-state index < -0.39 is 97.5 Å². The topological polar surface area (TPSA) is 237 Å². The summed E-state index contributed by atoms with van der Waals surface area (Å²) in [5.74, 6) is 1.06. The summed E-state index contributed by atoms with van der Waals surface area (Å²) in [4.78, 5) is 73.1. The number of esters is 4. The second-order valence-corrected chi connectivity index (χ2v) is 34.2. The summed E-state index contributed by atoms with van der Waals surface area (Å²) in [6.45, 7) is 14.3. The van der Waals surface area contributed by atoms with Gasteiger partial charge in [-0.05, 0) is 49.4 Å². The second kappa shape index (κ2) is 72.0. The molecular formula is C83H162O17P2. The summed E-state index contributed by atoms with van der Waals surface area (Å²) in [6.07, 6.45) is 59.7. The van der Waals surface area contributed by atoms with Crippen molar-refractivity contribution in [2.75, 3.05) is 39.6 Å². The van der Waals surface area contributed by atoms with Crippen LogP contribution in [0.1, 0.15) is 428 Å². The van der Waals surface area contributed by atoms with Gasteiger partial charge in [-0.1, -0.05) is 376 Å². The molecule has 0 rings (SSSR count). The quantitative estimate of drug-likeness (QED) is 0.0222. The van der Waals surface area contributed by atoms with E-state index in [1.807, 2.05) is 0 Å². The Morgan fingerprint density at radius 2 is 0.471 bits per heavy atom. The standard InChI is InChI=1S/C83H162O17P2/c1-9-75(7)61-53-45-36-30-24-18-12-15-20-26-32-38-47-55-63-80(85)93-69-78(99-82(87)65-58-50-40-34-28-22-16-13-19-25-31-37-46-54-62-76(8)10-2)71-97-101(89,90)95-67-77(84)68-96-102(91,92)98-72-79(70-94-81(86)64-56-48-42-41-44-52-60-74(5)6)100-83(88)66-57-49-39-33-27-21-14-11-17-23-29-35-43-51-59-73(3)4/h73-79,84H,9-72H2,1-8H3,(H,89,90)(H,91,92)/t75?,76?,77-,78-,79-/m1/s1. The van der Waals surface area contributed by atoms with Crippen molar-refractivity contribution in [2.24, 2.45) is 23.7 Å². The lowest BCUT2D eigenvalue weighted by atomic mass is 9.99. The molecule has 0 saturated carbocycles. The lowest BCUT2D eigenvalue weighted by Gasteiger charge is -2.21. The highest BCUT2D eigenvalue weighted by Gasteiger charge is 2.30. The van der Waals surface area contributed by atoms with E-state index in [1.165, 1.54) is 225 Å². The van der Waals surface area contributed by atoms with Crippen LogP contribution in [0.2, 0.25) is 0 Å². The van der Waals surface area contributed by atoms with E-state index in [2.05, 4.69) is 55.4 Å². The first-order chi connectivity index (χ1) is 49.2. The Balaban J connectivity index is 5.23. The molecule has 0 aliphatic heterocycles. The summed E-state index contributed by atoms with van der Waals surface area (Å²) < 4.78 is 68.8. The van der Waals surface area contributed by atoms with Crippen molar-refractivity contribution in [3.05, 3.63) is 0 Å². The zero-order chi connectivity index (χ0) is 75.3. The number of phosphoric ester groups is 2. The molecule has 3 N–H and O–H groups in total. The van der Waals surface area contributed by atoms with Crippen molar-refractivity contribution in [3.63, 3.8) is 0 Å². The van der Waals surface area contributed by atoms with Gasteiger partial charge in [0.2, 0.25) is 0 Å². The number of hydrogen-bond acceptors (Lipinski definition) is 15. The molecule has 0 aromatic rings. The molecule has 0 fully saturated rings. The number of aliphatic hydroxyl groups is 1. The smallest absolute Gasteiger partial charge is 0.462 e. The van der Waals surface area contributed by atoms with E-state index in [9.17, 15) is 43.2 Å². The lowest BCUT2D eigenvalue weighted by Crippen LogP contribution is -2.30. The van der Waals surface area contributed by atoms with E-state index in [0.29, 0.717) is 31.6 Å². The highest BCUT2D eigenvalue weighted by atomic mass is 31.2. The maximum Gasteiger partial charge on any atom is 0.472 e. The molecule has 0 aliphatic rings. The molecule has 102 heavy (non-hydrogen) atoms. The largest absolute Gasteiger partial charge is 0.472 e. The number of carbonyl (C=O) groups is 4. The molecule has 4 unspecified atom stereocenters. The number of ether oxygens (including phenoxy) is 4. The first-order valence-electron chi connectivity index (χ1n) is 42.8. The molecule has 0 aliphatic carbocycles. The molecule has 0 spiro atoms. The Hall–Kier alpha value is -1.94. The number of unbranched alkanes of at least 4 members (excludes halogenated alkanes) is 44. The Labute approximate surface area is 626 Å². The van der Waals surface area contributed by atoms with Crippen molar-refractivity contribution >= 4 is 39.5 Å². The molecule has 7 atom stereocenters. The van der Waals surface area contributed by atoms with Crippen molar-refractivity contribution in [3.8, 4) is 0 Å². The van der Waals surface area contributed by atoms with Crippen LogP contribution in [0, 0.1) is 23.7 Å². The van der Waals surface area contributed by atoms with Crippen LogP contribution in [0.25, 0.3) is 0 Å². The van der Waals surface area contributed by atoms with E-state index in [0.717, 1.165) is 114 Å². The highest BCUT2D eigenvalue weighted by molar-refractivity contribution is 7.47. The van der Waals surface area contributed by atoms with Crippen LogP contribution in [-0.4, -0.2) is 96.7 Å². The number of carbonyl (C=O) groups excluding carboxylic acids is 4. The third-order valence-electron chi connectivity index (χ3n) is 20.0. The van der Waals surface area contributed by atoms with Gasteiger partial charge in [0, 0.05) is 25.7 Å². The van der Waals surface area contributed by atoms with Crippen molar-refractivity contribution in [1.29, 1.82) is 0 Å². The number of aliphatic hydroxyl groups excluding tert-OH is 1. The van der Waals surface area contributed by atoms with Gasteiger partial charge in [-0.25, -0.2) is 9.13 Å². The predicted molar refractivity (Wildman–Crippen MR) is 418 cm³/mol. The minimum absolute atomic E-state index is 0.106. The second-order valence-electron chi connectivity index (χ2n) is 31.3. The van der Waals surface area contributed by atoms with Crippen molar-refractivity contribution < 1.29 is 80.2 Å². The normalized spacial score (nSPS) is 14.5. The molecule has 0 saturated heterocycles. The minimum Gasteiger partial charge on any atom is -0.462 e. The Kier molecular flexibility index (Phi) is 70.6. The summed E-state index contributed by atoms with van der Waals surface area (Å²) in [7, 11) is -9.92. The van der Waals surface area contributed by atoms with Gasteiger partial charge >= 0.3 is 39.5 Å². The van der Waals surface area contributed by atoms with Crippen LogP contribution in [0.3, 0.4) is 0 Å².